The summed E-state index contributed by atoms with van der Waals surface area (Å²) in [5.41, 5.74) is 8.46. The molecule has 0 fully saturated rings. The summed E-state index contributed by atoms with van der Waals surface area (Å²) in [4.78, 5) is 15.2. The summed E-state index contributed by atoms with van der Waals surface area (Å²) in [5.74, 6) is -0.621. The van der Waals surface area contributed by atoms with Gasteiger partial charge in [-0.05, 0) is 25.8 Å². The molecule has 19 heavy (non-hydrogen) atoms. The topological polar surface area (TPSA) is 62.7 Å². The van der Waals surface area contributed by atoms with E-state index in [9.17, 15) is 4.79 Å². The van der Waals surface area contributed by atoms with Crippen molar-refractivity contribution < 1.29 is 14.3 Å². The molecule has 0 bridgehead atoms. The van der Waals surface area contributed by atoms with E-state index in [4.69, 9.17) is 10.3 Å². The SMILES string of the molecule is C=C(C(=[N+]=[N-])C(=O)OC(C)(C)C)[Si](C)(C)C(C)(C)C. The maximum absolute atomic E-state index is 12.1. The van der Waals surface area contributed by atoms with Crippen LogP contribution in [0, 0.1) is 0 Å². The maximum Gasteiger partial charge on any atom is 0.421 e. The van der Waals surface area contributed by atoms with Crippen LogP contribution in [0.25, 0.3) is 5.53 Å². The fourth-order valence-corrected chi connectivity index (χ4v) is 2.95. The van der Waals surface area contributed by atoms with Crippen LogP contribution >= 0.6 is 0 Å². The molecule has 0 amide bonds. The highest BCUT2D eigenvalue weighted by Gasteiger charge is 2.45. The zero-order valence-electron chi connectivity index (χ0n) is 13.4. The minimum Gasteiger partial charge on any atom is -0.451 e. The fraction of sp³-hybridized carbons (Fsp3) is 0.714. The Hall–Kier alpha value is -1.19. The van der Waals surface area contributed by atoms with Gasteiger partial charge in [0.15, 0.2) is 0 Å². The first-order valence-corrected chi connectivity index (χ1v) is 9.39. The third-order valence-electron chi connectivity index (χ3n) is 3.61. The van der Waals surface area contributed by atoms with Gasteiger partial charge in [0.2, 0.25) is 0 Å². The summed E-state index contributed by atoms with van der Waals surface area (Å²) in [7, 11) is -2.02. The second-order valence-corrected chi connectivity index (χ2v) is 12.7. The van der Waals surface area contributed by atoms with E-state index >= 15 is 0 Å². The number of nitrogens with zero attached hydrogens (tertiary/aromatic N) is 2. The predicted octanol–water partition coefficient (Wildman–Crippen LogP) is 3.60. The van der Waals surface area contributed by atoms with Gasteiger partial charge in [-0.2, -0.15) is 4.79 Å². The number of hydrogen-bond donors (Lipinski definition) is 0. The number of ether oxygens (including phenoxy) is 1. The van der Waals surface area contributed by atoms with Gasteiger partial charge in [0.25, 0.3) is 0 Å². The Labute approximate surface area is 117 Å². The van der Waals surface area contributed by atoms with E-state index in [-0.39, 0.29) is 10.7 Å². The predicted molar refractivity (Wildman–Crippen MR) is 80.8 cm³/mol. The molecule has 0 saturated heterocycles. The molecule has 0 aliphatic heterocycles. The number of carbonyl (C=O) groups excluding carboxylic acids is 1. The normalized spacial score (nSPS) is 12.6. The van der Waals surface area contributed by atoms with E-state index in [1.54, 1.807) is 20.8 Å². The molecule has 0 atom stereocenters. The number of hydrogen-bond acceptors (Lipinski definition) is 2. The lowest BCUT2D eigenvalue weighted by Crippen LogP contribution is -2.45. The Morgan fingerprint density at radius 1 is 1.16 bits per heavy atom. The molecule has 0 rings (SSSR count). The molecule has 0 spiro atoms. The molecule has 108 valence electrons. The highest BCUT2D eigenvalue weighted by Crippen LogP contribution is 2.40. The highest BCUT2D eigenvalue weighted by atomic mass is 28.3. The van der Waals surface area contributed by atoms with Crippen LogP contribution < -0.4 is 0 Å². The van der Waals surface area contributed by atoms with Gasteiger partial charge in [-0.25, -0.2) is 4.79 Å². The molecule has 4 nitrogen and oxygen atoms in total. The van der Waals surface area contributed by atoms with Gasteiger partial charge in [-0.3, -0.25) is 0 Å². The van der Waals surface area contributed by atoms with E-state index in [1.165, 1.54) is 0 Å². The van der Waals surface area contributed by atoms with Crippen molar-refractivity contribution >= 4 is 19.8 Å². The van der Waals surface area contributed by atoms with Gasteiger partial charge in [0.05, 0.1) is 8.07 Å². The summed E-state index contributed by atoms with van der Waals surface area (Å²) in [5, 5.41) is 0.610. The zero-order valence-corrected chi connectivity index (χ0v) is 14.4. The van der Waals surface area contributed by atoms with Crippen molar-refractivity contribution in [1.29, 1.82) is 0 Å². The third kappa shape index (κ3) is 4.44. The molecule has 0 aromatic heterocycles. The van der Waals surface area contributed by atoms with Gasteiger partial charge >= 0.3 is 11.7 Å². The van der Waals surface area contributed by atoms with Crippen LogP contribution in [0.1, 0.15) is 41.5 Å². The smallest absolute Gasteiger partial charge is 0.421 e. The van der Waals surface area contributed by atoms with Crippen LogP contribution in [-0.4, -0.2) is 30.1 Å². The molecule has 0 unspecified atom stereocenters. The summed E-state index contributed by atoms with van der Waals surface area (Å²) in [6.45, 7) is 19.8. The molecule has 0 aliphatic carbocycles. The Kier molecular flexibility index (Phi) is 5.09. The zero-order chi connectivity index (χ0) is 15.6. The van der Waals surface area contributed by atoms with Crippen LogP contribution in [0.3, 0.4) is 0 Å². The summed E-state index contributed by atoms with van der Waals surface area (Å²) < 4.78 is 5.25. The van der Waals surface area contributed by atoms with E-state index < -0.39 is 19.6 Å². The van der Waals surface area contributed by atoms with Crippen molar-refractivity contribution in [2.24, 2.45) is 0 Å². The quantitative estimate of drug-likeness (QED) is 0.261. The third-order valence-corrected chi connectivity index (χ3v) is 9.10. The maximum atomic E-state index is 12.1. The lowest BCUT2D eigenvalue weighted by Gasteiger charge is -2.36. The lowest BCUT2D eigenvalue weighted by atomic mass is 10.2. The monoisotopic (exact) mass is 282 g/mol. The van der Waals surface area contributed by atoms with Gasteiger partial charge in [-0.1, -0.05) is 40.4 Å². The standard InChI is InChI=1S/C14H26N2O2Si/c1-10(19(8,9)14(5,6)7)11(16-15)12(17)18-13(2,3)4/h1H2,2-9H3. The van der Waals surface area contributed by atoms with Crippen LogP contribution in [0.2, 0.25) is 18.1 Å². The summed E-state index contributed by atoms with van der Waals surface area (Å²) in [6, 6.07) is 0. The van der Waals surface area contributed by atoms with Gasteiger partial charge in [0.1, 0.15) is 5.60 Å². The van der Waals surface area contributed by atoms with E-state index in [1.807, 2.05) is 0 Å². The van der Waals surface area contributed by atoms with Crippen molar-refractivity contribution in [3.8, 4) is 0 Å². The Morgan fingerprint density at radius 2 is 1.58 bits per heavy atom. The first-order valence-electron chi connectivity index (χ1n) is 6.39. The minimum absolute atomic E-state index is 0.00202. The van der Waals surface area contributed by atoms with Crippen molar-refractivity contribution in [3.63, 3.8) is 0 Å². The molecule has 0 heterocycles. The summed E-state index contributed by atoms with van der Waals surface area (Å²) >= 11 is 0. The highest BCUT2D eigenvalue weighted by molar-refractivity contribution is 6.92. The van der Waals surface area contributed by atoms with Crippen molar-refractivity contribution in [2.75, 3.05) is 0 Å². The second-order valence-electron chi connectivity index (χ2n) is 7.30. The van der Waals surface area contributed by atoms with Crippen molar-refractivity contribution in [3.05, 3.63) is 17.3 Å². The van der Waals surface area contributed by atoms with Gasteiger partial charge in [0, 0.05) is 5.20 Å². The number of carbonyl (C=O) groups is 1. The van der Waals surface area contributed by atoms with Crippen LogP contribution in [0.5, 0.6) is 0 Å². The van der Waals surface area contributed by atoms with Crippen LogP contribution in [0.15, 0.2) is 11.8 Å². The van der Waals surface area contributed by atoms with Crippen LogP contribution in [-0.2, 0) is 9.53 Å². The second kappa shape index (κ2) is 5.43. The molecule has 0 N–H and O–H groups in total. The molecule has 5 heteroatoms. The molecule has 0 aliphatic rings. The van der Waals surface area contributed by atoms with Gasteiger partial charge in [-0.15, -0.1) is 0 Å². The molecule has 0 radical (unpaired) electrons. The Bertz CT molecular complexity index is 433. The van der Waals surface area contributed by atoms with Gasteiger partial charge < -0.3 is 10.3 Å². The fourth-order valence-electron chi connectivity index (χ4n) is 1.30. The molecular formula is C14H26N2O2Si. The molecule has 0 aromatic carbocycles. The lowest BCUT2D eigenvalue weighted by molar-refractivity contribution is -0.150. The van der Waals surface area contributed by atoms with E-state index in [0.717, 1.165) is 0 Å². The van der Waals surface area contributed by atoms with E-state index in [2.05, 4.69) is 45.2 Å². The first kappa shape index (κ1) is 17.8. The van der Waals surface area contributed by atoms with Crippen LogP contribution in [0.4, 0.5) is 0 Å². The largest absolute Gasteiger partial charge is 0.451 e. The molecule has 0 aromatic rings. The van der Waals surface area contributed by atoms with E-state index in [0.29, 0.717) is 5.20 Å². The minimum atomic E-state index is -2.02. The average Bonchev–Trinajstić information content (AvgIpc) is 2.13. The molecule has 0 saturated carbocycles. The Morgan fingerprint density at radius 3 is 1.84 bits per heavy atom. The Balaban J connectivity index is 5.39. The first-order chi connectivity index (χ1) is 8.24. The van der Waals surface area contributed by atoms with Crippen molar-refractivity contribution in [1.82, 2.24) is 0 Å². The number of rotatable bonds is 3. The summed E-state index contributed by atoms with van der Waals surface area (Å²) in [6.07, 6.45) is 0. The average molecular weight is 282 g/mol. The number of esters is 1. The molecular weight excluding hydrogens is 256 g/mol. The van der Waals surface area contributed by atoms with Crippen molar-refractivity contribution in [2.45, 2.75) is 65.3 Å².